The Morgan fingerprint density at radius 3 is 1.74 bits per heavy atom. The highest BCUT2D eigenvalue weighted by Crippen LogP contribution is 2.50. The molecule has 6 nitrogen and oxygen atoms in total. The van der Waals surface area contributed by atoms with Crippen molar-refractivity contribution in [1.82, 2.24) is 5.32 Å². The van der Waals surface area contributed by atoms with E-state index in [9.17, 15) is 4.79 Å². The molecule has 1 heterocycles. The third-order valence-electron chi connectivity index (χ3n) is 4.04. The van der Waals surface area contributed by atoms with Crippen LogP contribution in [-0.2, 0) is 0 Å². The number of carbonyl (C=O) groups is 1. The topological polar surface area (TPSA) is 59.1 Å². The average Bonchev–Trinajstić information content (AvgIpc) is 2.64. The number of hydrogen-bond donors (Lipinski definition) is 2. The largest absolute Gasteiger partial charge is 0.397 e. The van der Waals surface area contributed by atoms with Gasteiger partial charge >= 0.3 is 6.03 Å². The molecule has 27 heavy (non-hydrogen) atoms. The molecule has 0 saturated carbocycles. The van der Waals surface area contributed by atoms with Gasteiger partial charge in [0.25, 0.3) is 0 Å². The van der Waals surface area contributed by atoms with E-state index in [1.807, 2.05) is 52.5 Å². The first-order valence-electron chi connectivity index (χ1n) is 8.77. The van der Waals surface area contributed by atoms with Crippen LogP contribution in [0.15, 0.2) is 46.2 Å². The molecule has 1 aliphatic rings. The van der Waals surface area contributed by atoms with E-state index in [2.05, 4.69) is 27.2 Å². The Morgan fingerprint density at radius 2 is 1.41 bits per heavy atom. The summed E-state index contributed by atoms with van der Waals surface area (Å²) in [5, 5.41) is 10.3. The van der Waals surface area contributed by atoms with Gasteiger partial charge < -0.3 is 20.2 Å². The van der Waals surface area contributed by atoms with Gasteiger partial charge in [-0.2, -0.15) is 0 Å². The zero-order valence-electron chi connectivity index (χ0n) is 16.8. The minimum Gasteiger partial charge on any atom is -0.397 e. The van der Waals surface area contributed by atoms with Gasteiger partial charge in [0.05, 0.1) is 11.4 Å². The lowest BCUT2D eigenvalue weighted by Gasteiger charge is -2.32. The van der Waals surface area contributed by atoms with Crippen molar-refractivity contribution in [2.24, 2.45) is 0 Å². The van der Waals surface area contributed by atoms with Gasteiger partial charge in [0, 0.05) is 63.0 Å². The van der Waals surface area contributed by atoms with Gasteiger partial charge in [0.15, 0.2) is 0 Å². The van der Waals surface area contributed by atoms with Crippen molar-refractivity contribution in [3.8, 4) is 0 Å². The van der Waals surface area contributed by atoms with Crippen LogP contribution in [0.4, 0.5) is 27.5 Å². The van der Waals surface area contributed by atoms with Crippen LogP contribution in [0.25, 0.3) is 0 Å². The van der Waals surface area contributed by atoms with Crippen molar-refractivity contribution in [2.75, 3.05) is 56.5 Å². The summed E-state index contributed by atoms with van der Waals surface area (Å²) in [7, 11) is 9.73. The van der Waals surface area contributed by atoms with Crippen molar-refractivity contribution < 1.29 is 9.90 Å². The van der Waals surface area contributed by atoms with Crippen molar-refractivity contribution in [3.05, 3.63) is 36.4 Å². The molecule has 0 unspecified atom stereocenters. The maximum Gasteiger partial charge on any atom is 0.326 e. The monoisotopic (exact) mass is 388 g/mol. The van der Waals surface area contributed by atoms with Gasteiger partial charge in [-0.1, -0.05) is 11.8 Å². The van der Waals surface area contributed by atoms with Crippen LogP contribution >= 0.6 is 11.8 Å². The number of carbonyl (C=O) groups excluding carboxylic acids is 1. The Morgan fingerprint density at radius 1 is 1.00 bits per heavy atom. The first-order chi connectivity index (χ1) is 12.8. The highest BCUT2D eigenvalue weighted by Gasteiger charge is 2.28. The van der Waals surface area contributed by atoms with Crippen LogP contribution in [0.5, 0.6) is 0 Å². The van der Waals surface area contributed by atoms with E-state index in [-0.39, 0.29) is 12.6 Å². The van der Waals surface area contributed by atoms with Crippen molar-refractivity contribution >= 4 is 40.5 Å². The Labute approximate surface area is 165 Å². The van der Waals surface area contributed by atoms with Gasteiger partial charge in [0.1, 0.15) is 0 Å². The molecule has 0 bridgehead atoms. The normalized spacial score (nSPS) is 11.6. The summed E-state index contributed by atoms with van der Waals surface area (Å²) in [6.45, 7) is 1.93. The fourth-order valence-corrected chi connectivity index (χ4v) is 3.80. The fourth-order valence-electron chi connectivity index (χ4n) is 2.67. The molecule has 0 fully saturated rings. The number of fused-ring (bicyclic) bond motifs is 2. The lowest BCUT2D eigenvalue weighted by atomic mass is 10.2. The molecule has 1 aliphatic heterocycles. The molecule has 0 atom stereocenters. The number of anilines is 4. The van der Waals surface area contributed by atoms with Gasteiger partial charge in [-0.15, -0.1) is 0 Å². The maximum atomic E-state index is 12.5. The Bertz CT molecular complexity index is 751. The molecule has 3 rings (SSSR count). The van der Waals surface area contributed by atoms with Crippen molar-refractivity contribution in [3.63, 3.8) is 0 Å². The maximum absolute atomic E-state index is 12.5. The summed E-state index contributed by atoms with van der Waals surface area (Å²) < 4.78 is 0. The summed E-state index contributed by atoms with van der Waals surface area (Å²) in [6.07, 6.45) is 0. The van der Waals surface area contributed by atoms with E-state index in [0.29, 0.717) is 0 Å². The summed E-state index contributed by atoms with van der Waals surface area (Å²) in [5.41, 5.74) is 4.06. The Hall–Kier alpha value is -2.38. The van der Waals surface area contributed by atoms with E-state index < -0.39 is 0 Å². The molecule has 7 heteroatoms. The number of nitrogens with zero attached hydrogens (tertiary/aromatic N) is 3. The summed E-state index contributed by atoms with van der Waals surface area (Å²) in [5.74, 6) is 0. The van der Waals surface area contributed by atoms with Crippen LogP contribution in [0.1, 0.15) is 6.92 Å². The second-order valence-electron chi connectivity index (χ2n) is 6.40. The minimum atomic E-state index is -0.131. The Balaban J connectivity index is 0.000000817. The predicted octanol–water partition coefficient (Wildman–Crippen LogP) is 3.76. The number of aliphatic hydroxyl groups is 1. The first kappa shape index (κ1) is 20.9. The van der Waals surface area contributed by atoms with Gasteiger partial charge in [0.2, 0.25) is 0 Å². The number of benzene rings is 2. The molecule has 0 aliphatic carbocycles. The van der Waals surface area contributed by atoms with E-state index in [1.54, 1.807) is 30.6 Å². The average molecular weight is 389 g/mol. The number of hydrogen-bond acceptors (Lipinski definition) is 5. The number of nitrogens with one attached hydrogen (secondary N) is 1. The van der Waals surface area contributed by atoms with E-state index in [1.165, 1.54) is 0 Å². The van der Waals surface area contributed by atoms with Crippen molar-refractivity contribution in [2.45, 2.75) is 16.7 Å². The third kappa shape index (κ3) is 4.48. The number of rotatable bonds is 2. The second-order valence-corrected chi connectivity index (χ2v) is 7.49. The molecular weight excluding hydrogens is 360 g/mol. The first-order valence-corrected chi connectivity index (χ1v) is 9.59. The summed E-state index contributed by atoms with van der Waals surface area (Å²) in [4.78, 5) is 20.6. The highest BCUT2D eigenvalue weighted by atomic mass is 32.2. The zero-order chi connectivity index (χ0) is 20.1. The Kier molecular flexibility index (Phi) is 6.98. The standard InChI is InChI=1S/C18H22N4OS.C2H6O/c1-19-18(23)22-14-8-6-12(20(2)3)10-16(14)24-17-11-13(21(4)5)7-9-15(17)22;1-2-3/h6-11H,1-5H3,(H,19,23);3H,2H2,1H3. The van der Waals surface area contributed by atoms with Gasteiger partial charge in [-0.05, 0) is 43.3 Å². The van der Waals surface area contributed by atoms with Crippen LogP contribution in [-0.4, -0.2) is 53.0 Å². The molecular formula is C20H28N4O2S. The molecule has 0 spiro atoms. The third-order valence-corrected chi connectivity index (χ3v) is 5.13. The van der Waals surface area contributed by atoms with Gasteiger partial charge in [-0.3, -0.25) is 4.90 Å². The molecule has 2 aromatic carbocycles. The lowest BCUT2D eigenvalue weighted by molar-refractivity contribution is 0.250. The predicted molar refractivity (Wildman–Crippen MR) is 115 cm³/mol. The molecule has 0 aromatic heterocycles. The van der Waals surface area contributed by atoms with Crippen LogP contribution in [0.3, 0.4) is 0 Å². The highest BCUT2D eigenvalue weighted by molar-refractivity contribution is 7.99. The van der Waals surface area contributed by atoms with Gasteiger partial charge in [-0.25, -0.2) is 4.79 Å². The van der Waals surface area contributed by atoms with Crippen LogP contribution < -0.4 is 20.0 Å². The van der Waals surface area contributed by atoms with Crippen molar-refractivity contribution in [1.29, 1.82) is 0 Å². The summed E-state index contributed by atoms with van der Waals surface area (Å²) in [6, 6.07) is 12.2. The SMILES string of the molecule is CCO.CNC(=O)N1c2ccc(N(C)C)cc2Sc2cc(N(C)C)ccc21. The summed E-state index contributed by atoms with van der Waals surface area (Å²) >= 11 is 1.70. The minimum absolute atomic E-state index is 0.131. The van der Waals surface area contributed by atoms with E-state index in [0.717, 1.165) is 32.5 Å². The molecule has 2 N–H and O–H groups in total. The number of amides is 2. The fraction of sp³-hybridized carbons (Fsp3) is 0.350. The number of urea groups is 1. The van der Waals surface area contributed by atoms with Crippen LogP contribution in [0, 0.1) is 0 Å². The second kappa shape index (κ2) is 9.01. The van der Waals surface area contributed by atoms with E-state index in [4.69, 9.17) is 5.11 Å². The lowest BCUT2D eigenvalue weighted by Crippen LogP contribution is -2.36. The smallest absolute Gasteiger partial charge is 0.326 e. The number of aliphatic hydroxyl groups excluding tert-OH is 1. The molecule has 2 aromatic rings. The molecule has 146 valence electrons. The zero-order valence-corrected chi connectivity index (χ0v) is 17.6. The quantitative estimate of drug-likeness (QED) is 0.820. The molecule has 0 radical (unpaired) electrons. The molecule has 2 amide bonds. The van der Waals surface area contributed by atoms with Crippen LogP contribution in [0.2, 0.25) is 0 Å². The molecule has 0 saturated heterocycles. The van der Waals surface area contributed by atoms with E-state index >= 15 is 0 Å².